The lowest BCUT2D eigenvalue weighted by Gasteiger charge is -2.00. The van der Waals surface area contributed by atoms with Crippen LogP contribution in [-0.2, 0) is 10.1 Å². The van der Waals surface area contributed by atoms with Crippen LogP contribution in [0.1, 0.15) is 0 Å². The first-order chi connectivity index (χ1) is 5.44. The molecular weight excluding hydrogens is 230 g/mol. The molecule has 0 radical (unpaired) electrons. The Morgan fingerprint density at radius 3 is 1.38 bits per heavy atom. The highest BCUT2D eigenvalue weighted by Crippen LogP contribution is 2.15. The van der Waals surface area contributed by atoms with Crippen LogP contribution in [0.4, 0.5) is 26.3 Å². The van der Waals surface area contributed by atoms with Crippen molar-refractivity contribution in [3.05, 3.63) is 0 Å². The SMILES string of the molecule is FC(F)F.O=S(=O)(O)CC(F)(F)F. The van der Waals surface area contributed by atoms with Crippen LogP contribution < -0.4 is 0 Å². The highest BCUT2D eigenvalue weighted by molar-refractivity contribution is 7.85. The molecule has 0 spiro atoms. The normalized spacial score (nSPS) is 12.3. The van der Waals surface area contributed by atoms with Gasteiger partial charge in [0.15, 0.2) is 5.75 Å². The van der Waals surface area contributed by atoms with Gasteiger partial charge in [-0.15, -0.1) is 0 Å². The zero-order chi connectivity index (χ0) is 11.3. The molecule has 0 saturated carbocycles. The van der Waals surface area contributed by atoms with Crippen molar-refractivity contribution < 1.29 is 39.3 Å². The largest absolute Gasteiger partial charge is 0.405 e. The summed E-state index contributed by atoms with van der Waals surface area (Å²) in [7, 11) is -4.91. The molecule has 0 fully saturated rings. The van der Waals surface area contributed by atoms with Crippen LogP contribution in [0.2, 0.25) is 0 Å². The van der Waals surface area contributed by atoms with Gasteiger partial charge in [-0.1, -0.05) is 0 Å². The van der Waals surface area contributed by atoms with Crippen molar-refractivity contribution in [2.75, 3.05) is 5.75 Å². The Bertz CT molecular complexity index is 215. The van der Waals surface area contributed by atoms with Crippen molar-refractivity contribution in [3.8, 4) is 0 Å². The minimum Gasteiger partial charge on any atom is -0.285 e. The maximum absolute atomic E-state index is 11.0. The van der Waals surface area contributed by atoms with E-state index in [0.717, 1.165) is 0 Å². The van der Waals surface area contributed by atoms with Crippen LogP contribution in [0, 0.1) is 0 Å². The van der Waals surface area contributed by atoms with Gasteiger partial charge in [-0.05, 0) is 0 Å². The zero-order valence-corrected chi connectivity index (χ0v) is 6.54. The standard InChI is InChI=1S/C2H3F3O3S.CHF3/c3-2(4,5)1-9(6,7)8;2-1(3)4/h1H2,(H,6,7,8);1H. The smallest absolute Gasteiger partial charge is 0.285 e. The second kappa shape index (κ2) is 5.27. The van der Waals surface area contributed by atoms with E-state index in [9.17, 15) is 34.8 Å². The number of alkyl halides is 6. The Labute approximate surface area is 69.1 Å². The molecule has 82 valence electrons. The van der Waals surface area contributed by atoms with Gasteiger partial charge >= 0.3 is 12.9 Å². The Morgan fingerprint density at radius 2 is 1.38 bits per heavy atom. The van der Waals surface area contributed by atoms with Crippen molar-refractivity contribution in [1.82, 2.24) is 0 Å². The van der Waals surface area contributed by atoms with E-state index in [4.69, 9.17) is 4.55 Å². The average molecular weight is 234 g/mol. The molecule has 0 aromatic heterocycles. The average Bonchev–Trinajstić information content (AvgIpc) is 1.47. The van der Waals surface area contributed by atoms with Crippen LogP contribution >= 0.6 is 0 Å². The third-order valence-electron chi connectivity index (χ3n) is 0.346. The van der Waals surface area contributed by atoms with Crippen LogP contribution in [0.5, 0.6) is 0 Å². The summed E-state index contributed by atoms with van der Waals surface area (Å²) >= 11 is 0. The molecule has 0 amide bonds. The van der Waals surface area contributed by atoms with Crippen LogP contribution in [0.3, 0.4) is 0 Å². The molecule has 0 unspecified atom stereocenters. The third-order valence-corrected chi connectivity index (χ3v) is 1.04. The first-order valence-corrected chi connectivity index (χ1v) is 3.99. The van der Waals surface area contributed by atoms with E-state index in [1.807, 2.05) is 0 Å². The van der Waals surface area contributed by atoms with E-state index < -0.39 is 28.7 Å². The lowest BCUT2D eigenvalue weighted by Crippen LogP contribution is -2.21. The van der Waals surface area contributed by atoms with E-state index >= 15 is 0 Å². The lowest BCUT2D eigenvalue weighted by atomic mass is 10.8. The fourth-order valence-electron chi connectivity index (χ4n) is 0.207. The van der Waals surface area contributed by atoms with Crippen molar-refractivity contribution in [2.45, 2.75) is 12.9 Å². The van der Waals surface area contributed by atoms with Gasteiger partial charge in [-0.2, -0.15) is 34.8 Å². The van der Waals surface area contributed by atoms with Gasteiger partial charge in [0.1, 0.15) is 0 Å². The van der Waals surface area contributed by atoms with Gasteiger partial charge in [0, 0.05) is 0 Å². The lowest BCUT2D eigenvalue weighted by molar-refractivity contribution is -0.107. The summed E-state index contributed by atoms with van der Waals surface area (Å²) in [6, 6.07) is 0. The molecule has 0 aliphatic heterocycles. The Hall–Kier alpha value is -0.510. The molecule has 0 bridgehead atoms. The third kappa shape index (κ3) is 34.3. The fraction of sp³-hybridized carbons (Fsp3) is 1.00. The van der Waals surface area contributed by atoms with E-state index in [2.05, 4.69) is 0 Å². The molecule has 0 heterocycles. The van der Waals surface area contributed by atoms with E-state index in [1.54, 1.807) is 0 Å². The topological polar surface area (TPSA) is 54.4 Å². The van der Waals surface area contributed by atoms with Crippen LogP contribution in [0.25, 0.3) is 0 Å². The molecule has 0 atom stereocenters. The molecule has 1 N–H and O–H groups in total. The summed E-state index contributed by atoms with van der Waals surface area (Å²) in [4.78, 5) is 0. The molecular formula is C3H4F6O3S. The van der Waals surface area contributed by atoms with Gasteiger partial charge in [0.05, 0.1) is 0 Å². The maximum Gasteiger partial charge on any atom is 0.405 e. The summed E-state index contributed by atoms with van der Waals surface area (Å²) < 4.78 is 88.6. The van der Waals surface area contributed by atoms with Gasteiger partial charge in [0.25, 0.3) is 10.1 Å². The van der Waals surface area contributed by atoms with Crippen LogP contribution in [-0.4, -0.2) is 31.6 Å². The Morgan fingerprint density at radius 1 is 1.15 bits per heavy atom. The summed E-state index contributed by atoms with van der Waals surface area (Å²) in [5, 5.41) is 0. The summed E-state index contributed by atoms with van der Waals surface area (Å²) in [5.74, 6) is -2.18. The zero-order valence-electron chi connectivity index (χ0n) is 5.72. The second-order valence-corrected chi connectivity index (χ2v) is 3.04. The van der Waals surface area contributed by atoms with Crippen molar-refractivity contribution in [3.63, 3.8) is 0 Å². The predicted molar refractivity (Wildman–Crippen MR) is 29.6 cm³/mol. The maximum atomic E-state index is 11.0. The molecule has 0 rings (SSSR count). The number of halogens is 6. The van der Waals surface area contributed by atoms with E-state index in [0.29, 0.717) is 0 Å². The summed E-state index contributed by atoms with van der Waals surface area (Å²) in [5.41, 5.74) is 0. The quantitative estimate of drug-likeness (QED) is 0.554. The van der Waals surface area contributed by atoms with Gasteiger partial charge < -0.3 is 0 Å². The first-order valence-electron chi connectivity index (χ1n) is 2.38. The minimum atomic E-state index is -4.91. The molecule has 0 aliphatic carbocycles. The van der Waals surface area contributed by atoms with Crippen LogP contribution in [0.15, 0.2) is 0 Å². The molecule has 0 aromatic rings. The molecule has 0 aliphatic rings. The predicted octanol–water partition coefficient (Wildman–Crippen LogP) is 1.62. The van der Waals surface area contributed by atoms with Gasteiger partial charge in [-0.25, -0.2) is 0 Å². The van der Waals surface area contributed by atoms with Crippen molar-refractivity contribution >= 4 is 10.1 Å². The number of rotatable bonds is 1. The fourth-order valence-corrected chi connectivity index (χ4v) is 0.620. The second-order valence-electron chi connectivity index (χ2n) is 1.59. The Balaban J connectivity index is 0. The number of hydrogen-bond donors (Lipinski definition) is 1. The van der Waals surface area contributed by atoms with E-state index in [-0.39, 0.29) is 0 Å². The van der Waals surface area contributed by atoms with Gasteiger partial charge in [0.2, 0.25) is 0 Å². The highest BCUT2D eigenvalue weighted by Gasteiger charge is 2.33. The van der Waals surface area contributed by atoms with Gasteiger partial charge in [-0.3, -0.25) is 4.55 Å². The Kier molecular flexibility index (Phi) is 6.07. The van der Waals surface area contributed by atoms with E-state index in [1.165, 1.54) is 0 Å². The van der Waals surface area contributed by atoms with Crippen molar-refractivity contribution in [2.24, 2.45) is 0 Å². The summed E-state index contributed by atoms with van der Waals surface area (Å²) in [6.07, 6.45) is -4.85. The molecule has 0 saturated heterocycles. The molecule has 13 heavy (non-hydrogen) atoms. The molecule has 3 nitrogen and oxygen atoms in total. The molecule has 0 aromatic carbocycles. The highest BCUT2D eigenvalue weighted by atomic mass is 32.2. The molecule has 10 heteroatoms. The van der Waals surface area contributed by atoms with Crippen molar-refractivity contribution in [1.29, 1.82) is 0 Å². The summed E-state index contributed by atoms with van der Waals surface area (Å²) in [6.45, 7) is -3.67. The minimum absolute atomic E-state index is 2.18. The number of hydrogen-bond acceptors (Lipinski definition) is 2. The first kappa shape index (κ1) is 15.0. The monoisotopic (exact) mass is 234 g/mol.